The molecule has 0 spiro atoms. The summed E-state index contributed by atoms with van der Waals surface area (Å²) in [5, 5.41) is 6.48. The Morgan fingerprint density at radius 2 is 2.50 bits per heavy atom. The van der Waals surface area contributed by atoms with Crippen LogP contribution in [-0.4, -0.2) is 24.6 Å². The molecule has 1 aromatic heterocycles. The van der Waals surface area contributed by atoms with E-state index in [1.54, 1.807) is 0 Å². The molecule has 16 heavy (non-hydrogen) atoms. The molecule has 0 saturated carbocycles. The number of anilines is 1. The maximum atomic E-state index is 4.40. The molecule has 0 saturated heterocycles. The molecule has 0 amide bonds. The van der Waals surface area contributed by atoms with Gasteiger partial charge in [-0.25, -0.2) is 4.98 Å². The van der Waals surface area contributed by atoms with Crippen LogP contribution in [0.2, 0.25) is 0 Å². The van der Waals surface area contributed by atoms with E-state index in [0.717, 1.165) is 25.2 Å². The predicted molar refractivity (Wildman–Crippen MR) is 68.6 cm³/mol. The van der Waals surface area contributed by atoms with Gasteiger partial charge in [-0.05, 0) is 44.0 Å². The predicted octanol–water partition coefficient (Wildman–Crippen LogP) is 2.06. The zero-order chi connectivity index (χ0) is 11.4. The summed E-state index contributed by atoms with van der Waals surface area (Å²) in [5.74, 6) is 1.06. The average molecular weight is 217 g/mol. The second-order valence-corrected chi connectivity index (χ2v) is 4.28. The molecule has 2 rings (SSSR count). The van der Waals surface area contributed by atoms with E-state index in [1.165, 1.54) is 11.1 Å². The first kappa shape index (κ1) is 11.1. The molecule has 1 unspecified atom stereocenters. The summed E-state index contributed by atoms with van der Waals surface area (Å²) >= 11 is 0. The van der Waals surface area contributed by atoms with Crippen molar-refractivity contribution in [2.45, 2.75) is 25.8 Å². The highest BCUT2D eigenvalue weighted by Crippen LogP contribution is 2.20. The van der Waals surface area contributed by atoms with Gasteiger partial charge in [0, 0.05) is 18.8 Å². The molecule has 2 N–H and O–H groups in total. The first-order valence-corrected chi connectivity index (χ1v) is 5.86. The Morgan fingerprint density at radius 3 is 3.31 bits per heavy atom. The second kappa shape index (κ2) is 5.12. The number of nitrogens with one attached hydrogen (secondary N) is 2. The standard InChI is InChI=1S/C13H19N3/c1-10(14-2)4-3-5-11-8-12-6-7-15-13(12)16-9-11/h3,5,8-10,14H,4,6-7H2,1-2H3,(H,15,16)/b5-3+. The van der Waals surface area contributed by atoms with Gasteiger partial charge in [0.1, 0.15) is 5.82 Å². The molecule has 0 radical (unpaired) electrons. The van der Waals surface area contributed by atoms with E-state index >= 15 is 0 Å². The van der Waals surface area contributed by atoms with Crippen molar-refractivity contribution in [3.8, 4) is 0 Å². The largest absolute Gasteiger partial charge is 0.370 e. The fraction of sp³-hybridized carbons (Fsp3) is 0.462. The lowest BCUT2D eigenvalue weighted by molar-refractivity contribution is 0.621. The van der Waals surface area contributed by atoms with Crippen LogP contribution in [0.1, 0.15) is 24.5 Å². The minimum Gasteiger partial charge on any atom is -0.370 e. The van der Waals surface area contributed by atoms with E-state index in [1.807, 2.05) is 13.2 Å². The zero-order valence-corrected chi connectivity index (χ0v) is 9.96. The van der Waals surface area contributed by atoms with Gasteiger partial charge in [0.15, 0.2) is 0 Å². The topological polar surface area (TPSA) is 37.0 Å². The van der Waals surface area contributed by atoms with Crippen LogP contribution in [0.4, 0.5) is 5.82 Å². The third-order valence-electron chi connectivity index (χ3n) is 2.97. The van der Waals surface area contributed by atoms with Crippen molar-refractivity contribution < 1.29 is 0 Å². The van der Waals surface area contributed by atoms with Gasteiger partial charge in [-0.15, -0.1) is 0 Å². The average Bonchev–Trinajstić information content (AvgIpc) is 2.76. The fourth-order valence-corrected chi connectivity index (χ4v) is 1.81. The normalized spacial score (nSPS) is 16.1. The van der Waals surface area contributed by atoms with E-state index < -0.39 is 0 Å². The summed E-state index contributed by atoms with van der Waals surface area (Å²) in [7, 11) is 1.99. The SMILES string of the molecule is CNC(C)C/C=C/c1cnc2c(c1)CCN2. The molecule has 86 valence electrons. The third kappa shape index (κ3) is 2.61. The van der Waals surface area contributed by atoms with Gasteiger partial charge in [-0.3, -0.25) is 0 Å². The second-order valence-electron chi connectivity index (χ2n) is 4.28. The molecule has 1 aliphatic rings. The lowest BCUT2D eigenvalue weighted by Crippen LogP contribution is -2.19. The highest BCUT2D eigenvalue weighted by atomic mass is 15.0. The van der Waals surface area contributed by atoms with E-state index in [0.29, 0.717) is 6.04 Å². The van der Waals surface area contributed by atoms with Crippen molar-refractivity contribution in [2.75, 3.05) is 18.9 Å². The smallest absolute Gasteiger partial charge is 0.129 e. The number of nitrogens with zero attached hydrogens (tertiary/aromatic N) is 1. The maximum absolute atomic E-state index is 4.40. The van der Waals surface area contributed by atoms with Crippen LogP contribution in [0.5, 0.6) is 0 Å². The molecule has 0 aliphatic carbocycles. The molecule has 0 bridgehead atoms. The third-order valence-corrected chi connectivity index (χ3v) is 2.97. The number of fused-ring (bicyclic) bond motifs is 1. The summed E-state index contributed by atoms with van der Waals surface area (Å²) in [6, 6.07) is 2.75. The Balaban J connectivity index is 2.00. The first-order chi connectivity index (χ1) is 7.79. The highest BCUT2D eigenvalue weighted by molar-refractivity contribution is 5.57. The summed E-state index contributed by atoms with van der Waals surface area (Å²) in [5.41, 5.74) is 2.54. The molecule has 0 aromatic carbocycles. The Labute approximate surface area is 97.0 Å². The van der Waals surface area contributed by atoms with Crippen molar-refractivity contribution in [2.24, 2.45) is 0 Å². The molecule has 1 aromatic rings. The van der Waals surface area contributed by atoms with Gasteiger partial charge in [-0.2, -0.15) is 0 Å². The maximum Gasteiger partial charge on any atom is 0.129 e. The van der Waals surface area contributed by atoms with Gasteiger partial charge in [0.2, 0.25) is 0 Å². The number of hydrogen-bond acceptors (Lipinski definition) is 3. The molecule has 1 aliphatic heterocycles. The monoisotopic (exact) mass is 217 g/mol. The van der Waals surface area contributed by atoms with Crippen molar-refractivity contribution in [3.63, 3.8) is 0 Å². The number of hydrogen-bond donors (Lipinski definition) is 2. The first-order valence-electron chi connectivity index (χ1n) is 5.86. The van der Waals surface area contributed by atoms with Crippen LogP contribution in [0.25, 0.3) is 6.08 Å². The molecule has 0 fully saturated rings. The molecule has 3 heteroatoms. The molecule has 3 nitrogen and oxygen atoms in total. The lowest BCUT2D eigenvalue weighted by Gasteiger charge is -2.05. The quantitative estimate of drug-likeness (QED) is 0.810. The Bertz CT molecular complexity index is 385. The summed E-state index contributed by atoms with van der Waals surface area (Å²) in [6.07, 6.45) is 8.42. The van der Waals surface area contributed by atoms with Crippen LogP contribution < -0.4 is 10.6 Å². The van der Waals surface area contributed by atoms with Crippen LogP contribution in [-0.2, 0) is 6.42 Å². The van der Waals surface area contributed by atoms with Gasteiger partial charge in [0.25, 0.3) is 0 Å². The minimum atomic E-state index is 0.528. The van der Waals surface area contributed by atoms with E-state index in [2.05, 4.69) is 40.8 Å². The van der Waals surface area contributed by atoms with Crippen LogP contribution in [0, 0.1) is 0 Å². The van der Waals surface area contributed by atoms with Crippen molar-refractivity contribution in [3.05, 3.63) is 29.5 Å². The minimum absolute atomic E-state index is 0.528. The Morgan fingerprint density at radius 1 is 1.62 bits per heavy atom. The Kier molecular flexibility index (Phi) is 3.57. The molecular weight excluding hydrogens is 198 g/mol. The Hall–Kier alpha value is -1.35. The summed E-state index contributed by atoms with van der Waals surface area (Å²) < 4.78 is 0. The van der Waals surface area contributed by atoms with Crippen LogP contribution >= 0.6 is 0 Å². The van der Waals surface area contributed by atoms with Gasteiger partial charge in [-0.1, -0.05) is 12.2 Å². The van der Waals surface area contributed by atoms with Crippen molar-refractivity contribution in [1.29, 1.82) is 0 Å². The van der Waals surface area contributed by atoms with E-state index in [9.17, 15) is 0 Å². The number of aromatic nitrogens is 1. The van der Waals surface area contributed by atoms with E-state index in [-0.39, 0.29) is 0 Å². The van der Waals surface area contributed by atoms with Gasteiger partial charge >= 0.3 is 0 Å². The summed E-state index contributed by atoms with van der Waals surface area (Å²) in [6.45, 7) is 3.20. The fourth-order valence-electron chi connectivity index (χ4n) is 1.81. The lowest BCUT2D eigenvalue weighted by atomic mass is 10.1. The highest BCUT2D eigenvalue weighted by Gasteiger charge is 2.10. The van der Waals surface area contributed by atoms with E-state index in [4.69, 9.17) is 0 Å². The molecule has 2 heterocycles. The molecular formula is C13H19N3. The van der Waals surface area contributed by atoms with Gasteiger partial charge < -0.3 is 10.6 Å². The molecule has 1 atom stereocenters. The van der Waals surface area contributed by atoms with Crippen LogP contribution in [0.3, 0.4) is 0 Å². The van der Waals surface area contributed by atoms with Crippen molar-refractivity contribution >= 4 is 11.9 Å². The van der Waals surface area contributed by atoms with Crippen molar-refractivity contribution in [1.82, 2.24) is 10.3 Å². The number of pyridine rings is 1. The number of rotatable bonds is 4. The zero-order valence-electron chi connectivity index (χ0n) is 9.96. The van der Waals surface area contributed by atoms with Crippen LogP contribution in [0.15, 0.2) is 18.3 Å². The summed E-state index contributed by atoms with van der Waals surface area (Å²) in [4.78, 5) is 4.40. The van der Waals surface area contributed by atoms with Gasteiger partial charge in [0.05, 0.1) is 0 Å².